The van der Waals surface area contributed by atoms with Crippen LogP contribution in [0, 0.1) is 52.3 Å². The molecule has 0 bridgehead atoms. The van der Waals surface area contributed by atoms with Crippen molar-refractivity contribution < 1.29 is 9.90 Å². The quantitative estimate of drug-likeness (QED) is 0.617. The van der Waals surface area contributed by atoms with Crippen molar-refractivity contribution in [3.05, 3.63) is 0 Å². The van der Waals surface area contributed by atoms with Crippen LogP contribution in [0.4, 0.5) is 0 Å². The Hall–Kier alpha value is -0.370. The molecule has 28 heavy (non-hydrogen) atoms. The minimum atomic E-state index is -0.0427. The standard InChI is InChI=1S/C26H44O2/c1-16(6-7-18(3)27)22-10-11-23-21-9-8-19-15-20(28)12-13-25(19,4)24(21)14-17(2)26(22,23)5/h16-17,19-24,28H,6-15H2,1-5H3/t16-,17+,19?,20-,21?,22?,23+,24+,25?,26?/m1/s1. The summed E-state index contributed by atoms with van der Waals surface area (Å²) in [6.45, 7) is 12.0. The highest BCUT2D eigenvalue weighted by molar-refractivity contribution is 5.75. The number of carbonyl (C=O) groups is 1. The lowest BCUT2D eigenvalue weighted by Gasteiger charge is -2.63. The zero-order valence-corrected chi connectivity index (χ0v) is 19.0. The maximum absolute atomic E-state index is 11.6. The van der Waals surface area contributed by atoms with Gasteiger partial charge >= 0.3 is 0 Å². The third kappa shape index (κ3) is 3.12. The molecule has 0 aromatic carbocycles. The van der Waals surface area contributed by atoms with Crippen molar-refractivity contribution in [1.29, 1.82) is 0 Å². The Morgan fingerprint density at radius 3 is 2.54 bits per heavy atom. The van der Waals surface area contributed by atoms with Crippen molar-refractivity contribution in [3.8, 4) is 0 Å². The predicted molar refractivity (Wildman–Crippen MR) is 115 cm³/mol. The highest BCUT2D eigenvalue weighted by atomic mass is 16.3. The summed E-state index contributed by atoms with van der Waals surface area (Å²) in [7, 11) is 0. The van der Waals surface area contributed by atoms with E-state index < -0.39 is 0 Å². The summed E-state index contributed by atoms with van der Waals surface area (Å²) in [5, 5.41) is 10.3. The van der Waals surface area contributed by atoms with Gasteiger partial charge in [-0.3, -0.25) is 0 Å². The monoisotopic (exact) mass is 388 g/mol. The van der Waals surface area contributed by atoms with Gasteiger partial charge in [0.2, 0.25) is 0 Å². The lowest BCUT2D eigenvalue weighted by molar-refractivity contribution is -0.149. The van der Waals surface area contributed by atoms with E-state index >= 15 is 0 Å². The van der Waals surface area contributed by atoms with E-state index in [1.165, 1.54) is 38.5 Å². The molecule has 0 heterocycles. The number of rotatable bonds is 4. The van der Waals surface area contributed by atoms with Gasteiger partial charge in [0.1, 0.15) is 5.78 Å². The lowest BCUT2D eigenvalue weighted by Crippen LogP contribution is -2.56. The van der Waals surface area contributed by atoms with Crippen LogP contribution in [0.1, 0.15) is 98.8 Å². The van der Waals surface area contributed by atoms with Gasteiger partial charge in [-0.05, 0) is 117 Å². The number of ketones is 1. The number of Topliss-reactive ketones (excluding diaryl/α,β-unsaturated/α-hetero) is 1. The highest BCUT2D eigenvalue weighted by Crippen LogP contribution is 2.69. The maximum atomic E-state index is 11.6. The average molecular weight is 389 g/mol. The van der Waals surface area contributed by atoms with E-state index in [2.05, 4.69) is 27.7 Å². The van der Waals surface area contributed by atoms with Gasteiger partial charge in [0, 0.05) is 6.42 Å². The largest absolute Gasteiger partial charge is 0.393 e. The minimum Gasteiger partial charge on any atom is -0.393 e. The number of aliphatic hydroxyl groups is 1. The zero-order valence-electron chi connectivity index (χ0n) is 19.0. The molecule has 10 atom stereocenters. The molecule has 0 aromatic rings. The molecule has 0 aromatic heterocycles. The number of hydrogen-bond acceptors (Lipinski definition) is 2. The second-order valence-electron chi connectivity index (χ2n) is 12.0. The van der Waals surface area contributed by atoms with Gasteiger partial charge < -0.3 is 9.90 Å². The fourth-order valence-corrected chi connectivity index (χ4v) is 9.17. The van der Waals surface area contributed by atoms with Crippen LogP contribution < -0.4 is 0 Å². The Morgan fingerprint density at radius 1 is 1.07 bits per heavy atom. The summed E-state index contributed by atoms with van der Waals surface area (Å²) in [4.78, 5) is 11.6. The van der Waals surface area contributed by atoms with Gasteiger partial charge in [-0.2, -0.15) is 0 Å². The van der Waals surface area contributed by atoms with E-state index in [9.17, 15) is 9.90 Å². The highest BCUT2D eigenvalue weighted by Gasteiger charge is 2.62. The smallest absolute Gasteiger partial charge is 0.129 e. The molecule has 4 saturated carbocycles. The van der Waals surface area contributed by atoms with Crippen LogP contribution in [-0.2, 0) is 4.79 Å². The van der Waals surface area contributed by atoms with Crippen molar-refractivity contribution in [3.63, 3.8) is 0 Å². The number of aliphatic hydroxyl groups excluding tert-OH is 1. The minimum absolute atomic E-state index is 0.0427. The summed E-state index contributed by atoms with van der Waals surface area (Å²) >= 11 is 0. The molecule has 1 N–H and O–H groups in total. The third-order valence-corrected chi connectivity index (χ3v) is 10.9. The SMILES string of the molecule is CC(=O)CC[C@@H](C)C1CC[C@H]2C3CCC4C[C@H](O)CCC4(C)[C@H]3C[C@H](C)C12C. The van der Waals surface area contributed by atoms with Crippen LogP contribution in [0.5, 0.6) is 0 Å². The third-order valence-electron chi connectivity index (χ3n) is 10.9. The normalized spacial score (nSPS) is 51.7. The van der Waals surface area contributed by atoms with Crippen LogP contribution in [0.15, 0.2) is 0 Å². The number of fused-ring (bicyclic) bond motifs is 5. The molecule has 2 heteroatoms. The van der Waals surface area contributed by atoms with Gasteiger partial charge in [0.15, 0.2) is 0 Å². The Morgan fingerprint density at radius 2 is 1.82 bits per heavy atom. The summed E-state index contributed by atoms with van der Waals surface area (Å²) in [5.74, 6) is 6.03. The van der Waals surface area contributed by atoms with Crippen LogP contribution in [-0.4, -0.2) is 17.0 Å². The van der Waals surface area contributed by atoms with Crippen molar-refractivity contribution in [1.82, 2.24) is 0 Å². The Labute approximate surface area is 173 Å². The predicted octanol–water partition coefficient (Wildman–Crippen LogP) is 6.26. The van der Waals surface area contributed by atoms with Gasteiger partial charge in [-0.25, -0.2) is 0 Å². The van der Waals surface area contributed by atoms with Crippen molar-refractivity contribution in [2.45, 2.75) is 105 Å². The first-order valence-electron chi connectivity index (χ1n) is 12.3. The van der Waals surface area contributed by atoms with Crippen LogP contribution in [0.2, 0.25) is 0 Å². The fourth-order valence-electron chi connectivity index (χ4n) is 9.17. The zero-order chi connectivity index (χ0) is 20.3. The molecule has 4 aliphatic rings. The van der Waals surface area contributed by atoms with Crippen molar-refractivity contribution >= 4 is 5.78 Å². The van der Waals surface area contributed by atoms with E-state index in [1.807, 2.05) is 0 Å². The van der Waals surface area contributed by atoms with E-state index in [1.54, 1.807) is 6.92 Å². The van der Waals surface area contributed by atoms with Crippen LogP contribution in [0.3, 0.4) is 0 Å². The molecule has 0 aliphatic heterocycles. The topological polar surface area (TPSA) is 37.3 Å². The molecule has 2 nitrogen and oxygen atoms in total. The lowest BCUT2D eigenvalue weighted by atomic mass is 9.42. The van der Waals surface area contributed by atoms with Gasteiger partial charge in [0.25, 0.3) is 0 Å². The molecule has 0 radical (unpaired) electrons. The fraction of sp³-hybridized carbons (Fsp3) is 0.962. The Kier molecular flexibility index (Phi) is 5.52. The van der Waals surface area contributed by atoms with Crippen LogP contribution >= 0.6 is 0 Å². The molecule has 160 valence electrons. The summed E-state index contributed by atoms with van der Waals surface area (Å²) in [6, 6.07) is 0. The first-order valence-corrected chi connectivity index (χ1v) is 12.3. The van der Waals surface area contributed by atoms with Gasteiger partial charge in [-0.15, -0.1) is 0 Å². The molecule has 4 rings (SSSR count). The first-order chi connectivity index (χ1) is 13.2. The van der Waals surface area contributed by atoms with Gasteiger partial charge in [-0.1, -0.05) is 27.7 Å². The summed E-state index contributed by atoms with van der Waals surface area (Å²) in [5.41, 5.74) is 0.935. The molecule has 5 unspecified atom stereocenters. The van der Waals surface area contributed by atoms with E-state index in [4.69, 9.17) is 0 Å². The van der Waals surface area contributed by atoms with Crippen LogP contribution in [0.25, 0.3) is 0 Å². The van der Waals surface area contributed by atoms with Crippen molar-refractivity contribution in [2.24, 2.45) is 52.3 Å². The number of carbonyl (C=O) groups excluding carboxylic acids is 1. The Balaban J connectivity index is 1.56. The molecule has 0 spiro atoms. The maximum Gasteiger partial charge on any atom is 0.129 e. The Bertz CT molecular complexity index is 599. The van der Waals surface area contributed by atoms with E-state index in [-0.39, 0.29) is 6.10 Å². The molecule has 4 aliphatic carbocycles. The second kappa shape index (κ2) is 7.40. The van der Waals surface area contributed by atoms with E-state index in [0.29, 0.717) is 22.5 Å². The summed E-state index contributed by atoms with van der Waals surface area (Å²) < 4.78 is 0. The molecular weight excluding hydrogens is 344 g/mol. The van der Waals surface area contributed by atoms with Crippen molar-refractivity contribution in [2.75, 3.05) is 0 Å². The first kappa shape index (κ1) is 20.9. The van der Waals surface area contributed by atoms with E-state index in [0.717, 1.165) is 61.2 Å². The molecule has 0 saturated heterocycles. The van der Waals surface area contributed by atoms with Gasteiger partial charge in [0.05, 0.1) is 6.10 Å². The second-order valence-corrected chi connectivity index (χ2v) is 12.0. The number of hydrogen-bond donors (Lipinski definition) is 1. The summed E-state index contributed by atoms with van der Waals surface area (Å²) in [6.07, 6.45) is 12.1. The molecule has 4 fully saturated rings. The molecule has 0 amide bonds. The average Bonchev–Trinajstić information content (AvgIpc) is 3.00. The molecular formula is C26H44O2.